The van der Waals surface area contributed by atoms with Crippen LogP contribution in [0.3, 0.4) is 0 Å². The van der Waals surface area contributed by atoms with Crippen LogP contribution >= 0.6 is 0 Å². The SMILES string of the molecule is CCOCCN(CC)c1ccc(F)cc1CNC(C)(C)C. The summed E-state index contributed by atoms with van der Waals surface area (Å²) in [6, 6.07) is 5.02. The van der Waals surface area contributed by atoms with Gasteiger partial charge in [-0.25, -0.2) is 4.39 Å². The Bertz CT molecular complexity index is 429. The minimum atomic E-state index is -0.190. The molecule has 1 aromatic rings. The number of nitrogens with zero attached hydrogens (tertiary/aromatic N) is 1. The van der Waals surface area contributed by atoms with E-state index in [0.717, 1.165) is 30.9 Å². The highest BCUT2D eigenvalue weighted by Crippen LogP contribution is 2.22. The summed E-state index contributed by atoms with van der Waals surface area (Å²) in [4.78, 5) is 2.23. The van der Waals surface area contributed by atoms with Crippen molar-refractivity contribution in [1.29, 1.82) is 0 Å². The largest absolute Gasteiger partial charge is 0.380 e. The molecule has 0 aliphatic rings. The lowest BCUT2D eigenvalue weighted by molar-refractivity contribution is 0.154. The monoisotopic (exact) mass is 296 g/mol. The van der Waals surface area contributed by atoms with Gasteiger partial charge in [0.25, 0.3) is 0 Å². The van der Waals surface area contributed by atoms with E-state index in [9.17, 15) is 4.39 Å². The van der Waals surface area contributed by atoms with Crippen molar-refractivity contribution in [2.75, 3.05) is 31.2 Å². The highest BCUT2D eigenvalue weighted by molar-refractivity contribution is 5.54. The van der Waals surface area contributed by atoms with E-state index in [-0.39, 0.29) is 11.4 Å². The second kappa shape index (κ2) is 8.35. The molecule has 0 heterocycles. The smallest absolute Gasteiger partial charge is 0.123 e. The van der Waals surface area contributed by atoms with Crippen LogP contribution in [0.2, 0.25) is 0 Å². The van der Waals surface area contributed by atoms with Gasteiger partial charge in [-0.2, -0.15) is 0 Å². The molecule has 0 amide bonds. The van der Waals surface area contributed by atoms with Gasteiger partial charge in [0.2, 0.25) is 0 Å². The van der Waals surface area contributed by atoms with Crippen LogP contribution in [0.1, 0.15) is 40.2 Å². The van der Waals surface area contributed by atoms with Crippen LogP contribution in [0, 0.1) is 5.82 Å². The van der Waals surface area contributed by atoms with Crippen molar-refractivity contribution in [1.82, 2.24) is 5.32 Å². The fraction of sp³-hybridized carbons (Fsp3) is 0.647. The second-order valence-electron chi connectivity index (χ2n) is 6.15. The molecule has 1 rings (SSSR count). The fourth-order valence-electron chi connectivity index (χ4n) is 2.13. The van der Waals surface area contributed by atoms with Gasteiger partial charge in [-0.3, -0.25) is 0 Å². The fourth-order valence-corrected chi connectivity index (χ4v) is 2.13. The number of anilines is 1. The molecule has 0 bridgehead atoms. The Morgan fingerprint density at radius 1 is 1.24 bits per heavy atom. The molecule has 0 aliphatic carbocycles. The average Bonchev–Trinajstić information content (AvgIpc) is 2.41. The molecule has 3 nitrogen and oxygen atoms in total. The maximum atomic E-state index is 13.6. The minimum absolute atomic E-state index is 0.00591. The molecule has 0 radical (unpaired) electrons. The first-order valence-electron chi connectivity index (χ1n) is 7.73. The molecular formula is C17H29FN2O. The Labute approximate surface area is 128 Å². The molecule has 1 aromatic carbocycles. The second-order valence-corrected chi connectivity index (χ2v) is 6.15. The van der Waals surface area contributed by atoms with Crippen LogP contribution in [0.4, 0.5) is 10.1 Å². The summed E-state index contributed by atoms with van der Waals surface area (Å²) in [5.41, 5.74) is 2.07. The Morgan fingerprint density at radius 2 is 1.95 bits per heavy atom. The lowest BCUT2D eigenvalue weighted by atomic mass is 10.1. The third-order valence-corrected chi connectivity index (χ3v) is 3.28. The molecule has 120 valence electrons. The van der Waals surface area contributed by atoms with E-state index in [1.54, 1.807) is 6.07 Å². The summed E-state index contributed by atoms with van der Waals surface area (Å²) in [5, 5.41) is 3.43. The molecule has 0 saturated heterocycles. The van der Waals surface area contributed by atoms with Gasteiger partial charge >= 0.3 is 0 Å². The van der Waals surface area contributed by atoms with Crippen LogP contribution in [0.15, 0.2) is 18.2 Å². The number of likely N-dealkylation sites (N-methyl/N-ethyl adjacent to an activating group) is 1. The van der Waals surface area contributed by atoms with E-state index < -0.39 is 0 Å². The number of ether oxygens (including phenoxy) is 1. The number of hydrogen-bond donors (Lipinski definition) is 1. The van der Waals surface area contributed by atoms with Crippen LogP contribution in [0.5, 0.6) is 0 Å². The molecule has 1 N–H and O–H groups in total. The highest BCUT2D eigenvalue weighted by Gasteiger charge is 2.14. The summed E-state index contributed by atoms with van der Waals surface area (Å²) in [7, 11) is 0. The number of nitrogens with one attached hydrogen (secondary N) is 1. The normalized spacial score (nSPS) is 11.7. The zero-order valence-electron chi connectivity index (χ0n) is 14.0. The third kappa shape index (κ3) is 6.44. The Kier molecular flexibility index (Phi) is 7.12. The first-order valence-corrected chi connectivity index (χ1v) is 7.73. The summed E-state index contributed by atoms with van der Waals surface area (Å²) in [5.74, 6) is -0.190. The Balaban J connectivity index is 2.87. The Hall–Kier alpha value is -1.13. The summed E-state index contributed by atoms with van der Waals surface area (Å²) >= 11 is 0. The van der Waals surface area contributed by atoms with E-state index in [4.69, 9.17) is 4.74 Å². The van der Waals surface area contributed by atoms with Crippen molar-refractivity contribution in [3.8, 4) is 0 Å². The topological polar surface area (TPSA) is 24.5 Å². The van der Waals surface area contributed by atoms with Crippen molar-refractivity contribution in [3.05, 3.63) is 29.6 Å². The molecule has 0 fully saturated rings. The van der Waals surface area contributed by atoms with E-state index >= 15 is 0 Å². The van der Waals surface area contributed by atoms with Gasteiger partial charge in [0.15, 0.2) is 0 Å². The van der Waals surface area contributed by atoms with Gasteiger partial charge < -0.3 is 15.0 Å². The van der Waals surface area contributed by atoms with E-state index in [1.807, 2.05) is 13.0 Å². The summed E-state index contributed by atoms with van der Waals surface area (Å²) < 4.78 is 19.0. The van der Waals surface area contributed by atoms with Crippen molar-refractivity contribution in [2.24, 2.45) is 0 Å². The maximum absolute atomic E-state index is 13.6. The number of halogens is 1. The molecule has 21 heavy (non-hydrogen) atoms. The van der Waals surface area contributed by atoms with Crippen molar-refractivity contribution in [2.45, 2.75) is 46.7 Å². The van der Waals surface area contributed by atoms with Gasteiger partial charge in [0, 0.05) is 37.5 Å². The molecule has 0 spiro atoms. The van der Waals surface area contributed by atoms with Crippen LogP contribution in [-0.4, -0.2) is 31.8 Å². The van der Waals surface area contributed by atoms with Gasteiger partial charge in [-0.15, -0.1) is 0 Å². The first-order chi connectivity index (χ1) is 9.87. The Morgan fingerprint density at radius 3 is 2.52 bits per heavy atom. The van der Waals surface area contributed by atoms with Gasteiger partial charge in [0.05, 0.1) is 6.61 Å². The molecule has 0 unspecified atom stereocenters. The molecule has 0 aromatic heterocycles. The van der Waals surface area contributed by atoms with Crippen LogP contribution < -0.4 is 10.2 Å². The lowest BCUT2D eigenvalue weighted by Gasteiger charge is -2.27. The van der Waals surface area contributed by atoms with Crippen LogP contribution in [0.25, 0.3) is 0 Å². The summed E-state index contributed by atoms with van der Waals surface area (Å²) in [6.07, 6.45) is 0. The van der Waals surface area contributed by atoms with E-state index in [2.05, 4.69) is 37.9 Å². The molecule has 4 heteroatoms. The van der Waals surface area contributed by atoms with Crippen molar-refractivity contribution >= 4 is 5.69 Å². The van der Waals surface area contributed by atoms with E-state index in [0.29, 0.717) is 13.2 Å². The van der Waals surface area contributed by atoms with Gasteiger partial charge in [-0.05, 0) is 58.4 Å². The van der Waals surface area contributed by atoms with E-state index in [1.165, 1.54) is 6.07 Å². The maximum Gasteiger partial charge on any atom is 0.123 e. The molecule has 0 saturated carbocycles. The number of rotatable bonds is 8. The average molecular weight is 296 g/mol. The third-order valence-electron chi connectivity index (χ3n) is 3.28. The standard InChI is InChI=1S/C17H29FN2O/c1-6-20(10-11-21-7-2)16-9-8-15(18)12-14(16)13-19-17(3,4)5/h8-9,12,19H,6-7,10-11,13H2,1-5H3. The van der Waals surface area contributed by atoms with Crippen LogP contribution in [-0.2, 0) is 11.3 Å². The number of hydrogen-bond acceptors (Lipinski definition) is 3. The highest BCUT2D eigenvalue weighted by atomic mass is 19.1. The molecular weight excluding hydrogens is 267 g/mol. The zero-order valence-corrected chi connectivity index (χ0v) is 14.0. The predicted molar refractivity (Wildman–Crippen MR) is 87.4 cm³/mol. The minimum Gasteiger partial charge on any atom is -0.380 e. The van der Waals surface area contributed by atoms with Gasteiger partial charge in [-0.1, -0.05) is 0 Å². The quantitative estimate of drug-likeness (QED) is 0.742. The van der Waals surface area contributed by atoms with Gasteiger partial charge in [0.1, 0.15) is 5.82 Å². The predicted octanol–water partition coefficient (Wildman–Crippen LogP) is 3.58. The van der Waals surface area contributed by atoms with Crippen molar-refractivity contribution in [3.63, 3.8) is 0 Å². The zero-order chi connectivity index (χ0) is 15.9. The first kappa shape index (κ1) is 17.9. The lowest BCUT2D eigenvalue weighted by Crippen LogP contribution is -2.36. The number of benzene rings is 1. The molecule has 0 aliphatic heterocycles. The van der Waals surface area contributed by atoms with Crippen molar-refractivity contribution < 1.29 is 9.13 Å². The summed E-state index contributed by atoms with van der Waals surface area (Å²) in [6.45, 7) is 14.2. The molecule has 0 atom stereocenters.